The number of nitrogens with zero attached hydrogens (tertiary/aromatic N) is 1. The first kappa shape index (κ1) is 18.0. The average Bonchev–Trinajstić information content (AvgIpc) is 2.75. The molecule has 0 aliphatic carbocycles. The standard InChI is InChI=1S/C23H23NO2S/c25-27(26,24-17-5-2-6-18-24)23-15-13-22(14-16-23)21-11-9-20(10-12-21)19-7-3-1-4-8-19/h1,3-4,7-16H,2,5-6,17-18H2. The van der Waals surface area contributed by atoms with Gasteiger partial charge in [-0.1, -0.05) is 73.2 Å². The van der Waals surface area contributed by atoms with E-state index >= 15 is 0 Å². The summed E-state index contributed by atoms with van der Waals surface area (Å²) < 4.78 is 27.1. The SMILES string of the molecule is O=S(=O)(c1ccc(-c2ccc(-c3ccccc3)cc2)cc1)N1CCCCC1. The summed E-state index contributed by atoms with van der Waals surface area (Å²) in [5.41, 5.74) is 4.46. The Morgan fingerprint density at radius 2 is 1.00 bits per heavy atom. The zero-order valence-corrected chi connectivity index (χ0v) is 16.0. The zero-order chi connectivity index (χ0) is 18.7. The summed E-state index contributed by atoms with van der Waals surface area (Å²) in [6, 6.07) is 25.9. The van der Waals surface area contributed by atoms with Crippen molar-refractivity contribution < 1.29 is 8.42 Å². The van der Waals surface area contributed by atoms with Gasteiger partial charge in [-0.2, -0.15) is 4.31 Å². The van der Waals surface area contributed by atoms with Gasteiger partial charge in [-0.15, -0.1) is 0 Å². The van der Waals surface area contributed by atoms with Crippen LogP contribution in [0.4, 0.5) is 0 Å². The van der Waals surface area contributed by atoms with Crippen LogP contribution in [0.25, 0.3) is 22.3 Å². The lowest BCUT2D eigenvalue weighted by Crippen LogP contribution is -2.35. The summed E-state index contributed by atoms with van der Waals surface area (Å²) in [4.78, 5) is 0.383. The quantitative estimate of drug-likeness (QED) is 0.627. The Morgan fingerprint density at radius 1 is 0.556 bits per heavy atom. The average molecular weight is 378 g/mol. The minimum absolute atomic E-state index is 0.383. The molecule has 0 bridgehead atoms. The second-order valence-corrected chi connectivity index (χ2v) is 8.87. The summed E-state index contributed by atoms with van der Waals surface area (Å²) in [5, 5.41) is 0. The van der Waals surface area contributed by atoms with Crippen LogP contribution in [0.15, 0.2) is 83.8 Å². The van der Waals surface area contributed by atoms with Gasteiger partial charge in [0.05, 0.1) is 4.90 Å². The first-order valence-electron chi connectivity index (χ1n) is 9.41. The maximum Gasteiger partial charge on any atom is 0.243 e. The molecular formula is C23H23NO2S. The Morgan fingerprint density at radius 3 is 1.52 bits per heavy atom. The molecule has 4 heteroatoms. The van der Waals surface area contributed by atoms with Gasteiger partial charge in [0.1, 0.15) is 0 Å². The van der Waals surface area contributed by atoms with Crippen molar-refractivity contribution in [2.75, 3.05) is 13.1 Å². The Labute approximate surface area is 161 Å². The van der Waals surface area contributed by atoms with Gasteiger partial charge in [0, 0.05) is 13.1 Å². The van der Waals surface area contributed by atoms with Crippen molar-refractivity contribution in [3.63, 3.8) is 0 Å². The first-order valence-corrected chi connectivity index (χ1v) is 10.8. The molecule has 27 heavy (non-hydrogen) atoms. The van der Waals surface area contributed by atoms with Crippen LogP contribution in [-0.4, -0.2) is 25.8 Å². The lowest BCUT2D eigenvalue weighted by atomic mass is 10.0. The number of hydrogen-bond donors (Lipinski definition) is 0. The minimum atomic E-state index is -3.37. The molecule has 1 heterocycles. The van der Waals surface area contributed by atoms with E-state index in [2.05, 4.69) is 36.4 Å². The van der Waals surface area contributed by atoms with Crippen LogP contribution in [0, 0.1) is 0 Å². The molecule has 0 saturated carbocycles. The van der Waals surface area contributed by atoms with Crippen molar-refractivity contribution >= 4 is 10.0 Å². The lowest BCUT2D eigenvalue weighted by Gasteiger charge is -2.25. The predicted molar refractivity (Wildman–Crippen MR) is 110 cm³/mol. The fourth-order valence-electron chi connectivity index (χ4n) is 3.56. The van der Waals surface area contributed by atoms with E-state index in [-0.39, 0.29) is 0 Å². The maximum absolute atomic E-state index is 12.8. The van der Waals surface area contributed by atoms with E-state index in [0.717, 1.165) is 30.4 Å². The Kier molecular flexibility index (Phi) is 5.10. The monoisotopic (exact) mass is 377 g/mol. The van der Waals surface area contributed by atoms with Gasteiger partial charge in [-0.05, 0) is 47.2 Å². The molecule has 3 aromatic rings. The van der Waals surface area contributed by atoms with Crippen LogP contribution >= 0.6 is 0 Å². The normalized spacial score (nSPS) is 15.6. The number of rotatable bonds is 4. The van der Waals surface area contributed by atoms with E-state index in [4.69, 9.17) is 0 Å². The van der Waals surface area contributed by atoms with Crippen molar-refractivity contribution in [2.45, 2.75) is 24.2 Å². The molecule has 0 atom stereocenters. The molecule has 1 saturated heterocycles. The highest BCUT2D eigenvalue weighted by atomic mass is 32.2. The third kappa shape index (κ3) is 3.82. The van der Waals surface area contributed by atoms with E-state index in [1.165, 1.54) is 11.1 Å². The first-order chi connectivity index (χ1) is 13.1. The van der Waals surface area contributed by atoms with Crippen LogP contribution in [0.2, 0.25) is 0 Å². The number of benzene rings is 3. The number of hydrogen-bond acceptors (Lipinski definition) is 2. The van der Waals surface area contributed by atoms with E-state index < -0.39 is 10.0 Å². The molecule has 0 unspecified atom stereocenters. The van der Waals surface area contributed by atoms with Crippen molar-refractivity contribution in [3.05, 3.63) is 78.9 Å². The van der Waals surface area contributed by atoms with Gasteiger partial charge < -0.3 is 0 Å². The van der Waals surface area contributed by atoms with E-state index in [9.17, 15) is 8.42 Å². The van der Waals surface area contributed by atoms with Crippen LogP contribution in [-0.2, 0) is 10.0 Å². The van der Waals surface area contributed by atoms with Crippen LogP contribution < -0.4 is 0 Å². The lowest BCUT2D eigenvalue weighted by molar-refractivity contribution is 0.346. The smallest absolute Gasteiger partial charge is 0.207 e. The van der Waals surface area contributed by atoms with Crippen molar-refractivity contribution in [1.82, 2.24) is 4.31 Å². The summed E-state index contributed by atoms with van der Waals surface area (Å²) in [5.74, 6) is 0. The van der Waals surface area contributed by atoms with Gasteiger partial charge in [-0.25, -0.2) is 8.42 Å². The Hall–Kier alpha value is -2.43. The molecule has 1 aliphatic heterocycles. The predicted octanol–water partition coefficient (Wildman–Crippen LogP) is 5.20. The zero-order valence-electron chi connectivity index (χ0n) is 15.2. The summed E-state index contributed by atoms with van der Waals surface area (Å²) in [6.07, 6.45) is 3.01. The molecule has 138 valence electrons. The summed E-state index contributed by atoms with van der Waals surface area (Å²) in [7, 11) is -3.37. The molecule has 0 spiro atoms. The van der Waals surface area contributed by atoms with E-state index in [1.54, 1.807) is 16.4 Å². The summed E-state index contributed by atoms with van der Waals surface area (Å²) >= 11 is 0. The number of piperidine rings is 1. The molecule has 3 aromatic carbocycles. The molecule has 0 N–H and O–H groups in total. The van der Waals surface area contributed by atoms with Gasteiger partial charge in [0.15, 0.2) is 0 Å². The summed E-state index contributed by atoms with van der Waals surface area (Å²) in [6.45, 7) is 1.26. The van der Waals surface area contributed by atoms with E-state index in [0.29, 0.717) is 18.0 Å². The minimum Gasteiger partial charge on any atom is -0.207 e. The molecule has 0 radical (unpaired) electrons. The molecule has 3 nitrogen and oxygen atoms in total. The molecule has 1 aliphatic rings. The largest absolute Gasteiger partial charge is 0.243 e. The van der Waals surface area contributed by atoms with Crippen molar-refractivity contribution in [3.8, 4) is 22.3 Å². The molecule has 4 rings (SSSR count). The molecule has 0 amide bonds. The number of sulfonamides is 1. The Balaban J connectivity index is 1.55. The second kappa shape index (κ2) is 7.67. The Bertz CT molecular complexity index is 989. The van der Waals surface area contributed by atoms with Crippen LogP contribution in [0.5, 0.6) is 0 Å². The van der Waals surface area contributed by atoms with Crippen LogP contribution in [0.3, 0.4) is 0 Å². The highest BCUT2D eigenvalue weighted by molar-refractivity contribution is 7.89. The second-order valence-electron chi connectivity index (χ2n) is 6.93. The molecular weight excluding hydrogens is 354 g/mol. The fourth-order valence-corrected chi connectivity index (χ4v) is 5.08. The highest BCUT2D eigenvalue weighted by Gasteiger charge is 2.25. The maximum atomic E-state index is 12.8. The van der Waals surface area contributed by atoms with Crippen LogP contribution in [0.1, 0.15) is 19.3 Å². The van der Waals surface area contributed by atoms with Gasteiger partial charge >= 0.3 is 0 Å². The molecule has 1 fully saturated rings. The third-order valence-corrected chi connectivity index (χ3v) is 7.05. The van der Waals surface area contributed by atoms with Gasteiger partial charge in [0.25, 0.3) is 0 Å². The highest BCUT2D eigenvalue weighted by Crippen LogP contribution is 2.27. The van der Waals surface area contributed by atoms with Crippen molar-refractivity contribution in [1.29, 1.82) is 0 Å². The van der Waals surface area contributed by atoms with Gasteiger partial charge in [0.2, 0.25) is 10.0 Å². The third-order valence-electron chi connectivity index (χ3n) is 5.13. The molecule has 0 aromatic heterocycles. The van der Waals surface area contributed by atoms with Gasteiger partial charge in [-0.3, -0.25) is 0 Å². The van der Waals surface area contributed by atoms with Crippen molar-refractivity contribution in [2.24, 2.45) is 0 Å². The fraction of sp³-hybridized carbons (Fsp3) is 0.217. The topological polar surface area (TPSA) is 37.4 Å². The van der Waals surface area contributed by atoms with E-state index in [1.807, 2.05) is 30.3 Å².